The van der Waals surface area contributed by atoms with Crippen LogP contribution in [0.3, 0.4) is 0 Å². The number of hydrogen-bond acceptors (Lipinski definition) is 3. The zero-order chi connectivity index (χ0) is 24.8. The predicted molar refractivity (Wildman–Crippen MR) is 137 cm³/mol. The van der Waals surface area contributed by atoms with Gasteiger partial charge in [0.2, 0.25) is 5.91 Å². The Balaban J connectivity index is 1.33. The Kier molecular flexibility index (Phi) is 5.48. The number of nitrogens with one attached hydrogen (secondary N) is 1. The first-order chi connectivity index (χ1) is 17.5. The van der Waals surface area contributed by atoms with E-state index in [1.54, 1.807) is 12.1 Å². The van der Waals surface area contributed by atoms with E-state index in [-0.39, 0.29) is 30.3 Å². The summed E-state index contributed by atoms with van der Waals surface area (Å²) < 4.78 is 15.2. The summed E-state index contributed by atoms with van der Waals surface area (Å²) in [5.41, 5.74) is 5.78. The summed E-state index contributed by atoms with van der Waals surface area (Å²) in [6, 6.07) is 22.2. The monoisotopic (exact) mass is 482 g/mol. The van der Waals surface area contributed by atoms with Crippen molar-refractivity contribution >= 4 is 28.4 Å². The second kappa shape index (κ2) is 8.82. The van der Waals surface area contributed by atoms with E-state index in [1.165, 1.54) is 17.7 Å². The Morgan fingerprint density at radius 2 is 1.78 bits per heavy atom. The molecule has 2 aliphatic rings. The Hall–Kier alpha value is -4.13. The number of hydrogen-bond donors (Lipinski definition) is 1. The van der Waals surface area contributed by atoms with Crippen LogP contribution in [0.4, 0.5) is 10.1 Å². The summed E-state index contributed by atoms with van der Waals surface area (Å²) in [5, 5.41) is 4.15. The molecule has 2 amide bonds. The molecule has 2 aliphatic heterocycles. The summed E-state index contributed by atoms with van der Waals surface area (Å²) in [5.74, 6) is -0.335. The molecule has 0 unspecified atom stereocenters. The van der Waals surface area contributed by atoms with Gasteiger partial charge in [0.05, 0.1) is 16.9 Å². The van der Waals surface area contributed by atoms with Crippen LogP contribution in [0.1, 0.15) is 33.3 Å². The zero-order valence-electron chi connectivity index (χ0n) is 20.1. The highest BCUT2D eigenvalue weighted by atomic mass is 19.1. The third-order valence-electron chi connectivity index (χ3n) is 7.36. The predicted octanol–water partition coefficient (Wildman–Crippen LogP) is 4.29. The average Bonchev–Trinajstić information content (AvgIpc) is 3.21. The Morgan fingerprint density at radius 1 is 1.03 bits per heavy atom. The molecule has 0 bridgehead atoms. The van der Waals surface area contributed by atoms with Crippen LogP contribution >= 0.6 is 0 Å². The van der Waals surface area contributed by atoms with E-state index in [9.17, 15) is 14.0 Å². The number of carbonyl (C=O) groups excluding carboxylic acids is 2. The highest BCUT2D eigenvalue weighted by Gasteiger charge is 2.42. The van der Waals surface area contributed by atoms with Gasteiger partial charge in [-0.25, -0.2) is 4.39 Å². The van der Waals surface area contributed by atoms with E-state index >= 15 is 0 Å². The molecule has 3 aromatic carbocycles. The van der Waals surface area contributed by atoms with Crippen LogP contribution in [0.2, 0.25) is 0 Å². The number of benzene rings is 3. The number of nitrogens with zero attached hydrogens (tertiary/aromatic N) is 3. The smallest absolute Gasteiger partial charge is 0.257 e. The summed E-state index contributed by atoms with van der Waals surface area (Å²) in [4.78, 5) is 30.6. The Bertz CT molecular complexity index is 1480. The second-order valence-electron chi connectivity index (χ2n) is 9.44. The third kappa shape index (κ3) is 3.63. The molecule has 0 spiro atoms. The number of aromatic nitrogens is 1. The molecule has 7 heteroatoms. The lowest BCUT2D eigenvalue weighted by molar-refractivity contribution is -0.121. The van der Waals surface area contributed by atoms with E-state index < -0.39 is 0 Å². The minimum Gasteiger partial charge on any atom is -0.354 e. The van der Waals surface area contributed by atoms with Gasteiger partial charge in [-0.15, -0.1) is 0 Å². The second-order valence-corrected chi connectivity index (χ2v) is 9.44. The first kappa shape index (κ1) is 22.3. The van der Waals surface area contributed by atoms with Crippen molar-refractivity contribution in [3.8, 4) is 0 Å². The van der Waals surface area contributed by atoms with Gasteiger partial charge in [0, 0.05) is 31.0 Å². The quantitative estimate of drug-likeness (QED) is 0.462. The van der Waals surface area contributed by atoms with Crippen molar-refractivity contribution < 1.29 is 14.0 Å². The lowest BCUT2D eigenvalue weighted by atomic mass is 9.96. The van der Waals surface area contributed by atoms with Crippen molar-refractivity contribution in [2.45, 2.75) is 25.6 Å². The number of halogens is 1. The molecule has 6 rings (SSSR count). The van der Waals surface area contributed by atoms with Crippen LogP contribution in [0.5, 0.6) is 0 Å². The standard InChI is InChI=1S/C29H27FN4O2/c1-32-24-8-4-3-7-23(24)29(36)33-17-15-22-21-6-2-5-9-25(21)34(27(22)28(32)33)18-26(35)31-16-14-19-10-12-20(30)13-11-19/h2-13,28H,14-18H2,1H3,(H,31,35)/t28-/m1/s1. The molecular weight excluding hydrogens is 455 g/mol. The number of fused-ring (bicyclic) bond motifs is 6. The number of amides is 2. The van der Waals surface area contributed by atoms with Crippen molar-refractivity contribution in [2.24, 2.45) is 0 Å². The van der Waals surface area contributed by atoms with Gasteiger partial charge < -0.3 is 19.7 Å². The number of carbonyl (C=O) groups is 2. The van der Waals surface area contributed by atoms with E-state index in [0.29, 0.717) is 25.1 Å². The highest BCUT2D eigenvalue weighted by molar-refractivity contribution is 6.02. The maximum atomic E-state index is 13.4. The molecule has 1 atom stereocenters. The van der Waals surface area contributed by atoms with Gasteiger partial charge in [-0.05, 0) is 54.3 Å². The topological polar surface area (TPSA) is 57.6 Å². The van der Waals surface area contributed by atoms with Crippen molar-refractivity contribution in [3.63, 3.8) is 0 Å². The molecule has 36 heavy (non-hydrogen) atoms. The fraction of sp³-hybridized carbons (Fsp3) is 0.241. The van der Waals surface area contributed by atoms with Gasteiger partial charge in [0.25, 0.3) is 5.91 Å². The Morgan fingerprint density at radius 3 is 2.61 bits per heavy atom. The molecule has 1 aromatic heterocycles. The molecule has 0 radical (unpaired) electrons. The van der Waals surface area contributed by atoms with Gasteiger partial charge in [-0.2, -0.15) is 0 Å². The summed E-state index contributed by atoms with van der Waals surface area (Å²) in [6.07, 6.45) is 1.09. The molecule has 0 aliphatic carbocycles. The fourth-order valence-corrected chi connectivity index (χ4v) is 5.68. The summed E-state index contributed by atoms with van der Waals surface area (Å²) in [6.45, 7) is 1.26. The number of anilines is 1. The largest absolute Gasteiger partial charge is 0.354 e. The van der Waals surface area contributed by atoms with Gasteiger partial charge in [-0.1, -0.05) is 42.5 Å². The van der Waals surface area contributed by atoms with Gasteiger partial charge in [-0.3, -0.25) is 9.59 Å². The Labute approximate surface area is 208 Å². The fourth-order valence-electron chi connectivity index (χ4n) is 5.68. The van der Waals surface area contributed by atoms with Crippen molar-refractivity contribution in [1.29, 1.82) is 0 Å². The molecule has 0 saturated carbocycles. The molecule has 4 aromatic rings. The number of para-hydroxylation sites is 2. The van der Waals surface area contributed by atoms with Crippen LogP contribution in [0, 0.1) is 5.82 Å². The van der Waals surface area contributed by atoms with Crippen LogP contribution in [0.15, 0.2) is 72.8 Å². The minimum absolute atomic E-state index is 0.0277. The maximum absolute atomic E-state index is 13.4. The summed E-state index contributed by atoms with van der Waals surface area (Å²) >= 11 is 0. The van der Waals surface area contributed by atoms with Gasteiger partial charge >= 0.3 is 0 Å². The van der Waals surface area contributed by atoms with Crippen LogP contribution in [-0.2, 0) is 24.2 Å². The van der Waals surface area contributed by atoms with Crippen LogP contribution in [-0.4, -0.2) is 41.4 Å². The number of rotatable bonds is 5. The molecule has 6 nitrogen and oxygen atoms in total. The lowest BCUT2D eigenvalue weighted by Crippen LogP contribution is -2.51. The normalized spacial score (nSPS) is 16.5. The van der Waals surface area contributed by atoms with Crippen molar-refractivity contribution in [1.82, 2.24) is 14.8 Å². The minimum atomic E-state index is -0.282. The lowest BCUT2D eigenvalue weighted by Gasteiger charge is -2.46. The highest BCUT2D eigenvalue weighted by Crippen LogP contribution is 2.44. The maximum Gasteiger partial charge on any atom is 0.257 e. The zero-order valence-corrected chi connectivity index (χ0v) is 20.1. The van der Waals surface area contributed by atoms with Crippen molar-refractivity contribution in [3.05, 3.63) is 101 Å². The van der Waals surface area contributed by atoms with Crippen LogP contribution in [0.25, 0.3) is 10.9 Å². The van der Waals surface area contributed by atoms with E-state index in [2.05, 4.69) is 20.9 Å². The van der Waals surface area contributed by atoms with Crippen molar-refractivity contribution in [2.75, 3.05) is 25.0 Å². The van der Waals surface area contributed by atoms with Gasteiger partial charge in [0.1, 0.15) is 18.5 Å². The SMILES string of the molecule is CN1c2ccccc2C(=O)N2CCc3c(n(CC(=O)NCCc4ccc(F)cc4)c4ccccc34)[C@@H]21. The van der Waals surface area contributed by atoms with Crippen LogP contribution < -0.4 is 10.2 Å². The third-order valence-corrected chi connectivity index (χ3v) is 7.36. The van der Waals surface area contributed by atoms with E-state index in [0.717, 1.165) is 34.3 Å². The molecule has 182 valence electrons. The first-order valence-electron chi connectivity index (χ1n) is 12.3. The molecular formula is C29H27FN4O2. The first-order valence-corrected chi connectivity index (χ1v) is 12.3. The average molecular weight is 483 g/mol. The molecule has 3 heterocycles. The molecule has 1 N–H and O–H groups in total. The molecule has 0 saturated heterocycles. The van der Waals surface area contributed by atoms with E-state index in [1.807, 2.05) is 54.4 Å². The molecule has 0 fully saturated rings. The van der Waals surface area contributed by atoms with Gasteiger partial charge in [0.15, 0.2) is 0 Å². The van der Waals surface area contributed by atoms with E-state index in [4.69, 9.17) is 0 Å². The summed E-state index contributed by atoms with van der Waals surface area (Å²) in [7, 11) is 2.02.